The van der Waals surface area contributed by atoms with Crippen LogP contribution in [0.2, 0.25) is 0 Å². The van der Waals surface area contributed by atoms with Gasteiger partial charge < -0.3 is 10.2 Å². The van der Waals surface area contributed by atoms with Crippen molar-refractivity contribution in [3.63, 3.8) is 0 Å². The van der Waals surface area contributed by atoms with E-state index in [0.29, 0.717) is 18.4 Å². The Morgan fingerprint density at radius 1 is 1.52 bits per heavy atom. The highest BCUT2D eigenvalue weighted by Gasteiger charge is 2.17. The van der Waals surface area contributed by atoms with Crippen molar-refractivity contribution in [1.82, 2.24) is 15.1 Å². The van der Waals surface area contributed by atoms with Gasteiger partial charge in [-0.25, -0.2) is 4.68 Å². The second-order valence-electron chi connectivity index (χ2n) is 6.34. The van der Waals surface area contributed by atoms with Crippen LogP contribution in [0.5, 0.6) is 0 Å². The molecular weight excluding hydrogens is 264 g/mol. The lowest BCUT2D eigenvalue weighted by Gasteiger charge is -2.32. The SMILES string of the molecule is CCNCC(C)Cn1ncc(N2CCCC(C)C2)cc1=O. The normalized spacial score (nSPS) is 20.5. The summed E-state index contributed by atoms with van der Waals surface area (Å²) < 4.78 is 1.58. The molecule has 0 amide bonds. The number of hydrogen-bond donors (Lipinski definition) is 1. The molecule has 1 N–H and O–H groups in total. The van der Waals surface area contributed by atoms with Crippen molar-refractivity contribution >= 4 is 5.69 Å². The Morgan fingerprint density at radius 2 is 2.33 bits per heavy atom. The summed E-state index contributed by atoms with van der Waals surface area (Å²) >= 11 is 0. The Morgan fingerprint density at radius 3 is 3.00 bits per heavy atom. The monoisotopic (exact) mass is 292 g/mol. The molecule has 0 radical (unpaired) electrons. The lowest BCUT2D eigenvalue weighted by molar-refractivity contribution is 0.412. The maximum atomic E-state index is 12.2. The molecule has 2 rings (SSSR count). The van der Waals surface area contributed by atoms with Crippen LogP contribution in [0.3, 0.4) is 0 Å². The van der Waals surface area contributed by atoms with E-state index in [1.807, 2.05) is 6.20 Å². The highest BCUT2D eigenvalue weighted by Crippen LogP contribution is 2.20. The van der Waals surface area contributed by atoms with E-state index in [1.165, 1.54) is 12.8 Å². The summed E-state index contributed by atoms with van der Waals surface area (Å²) in [6.07, 6.45) is 4.33. The lowest BCUT2D eigenvalue weighted by atomic mass is 10.00. The molecule has 118 valence electrons. The van der Waals surface area contributed by atoms with E-state index in [2.05, 4.69) is 36.1 Å². The van der Waals surface area contributed by atoms with Crippen molar-refractivity contribution in [2.24, 2.45) is 11.8 Å². The molecule has 1 aliphatic heterocycles. The Balaban J connectivity index is 2.01. The maximum absolute atomic E-state index is 12.2. The van der Waals surface area contributed by atoms with Gasteiger partial charge >= 0.3 is 0 Å². The molecule has 2 unspecified atom stereocenters. The minimum Gasteiger partial charge on any atom is -0.370 e. The number of rotatable bonds is 6. The molecule has 0 aromatic carbocycles. The van der Waals surface area contributed by atoms with Crippen LogP contribution in [0.25, 0.3) is 0 Å². The summed E-state index contributed by atoms with van der Waals surface area (Å²) in [6.45, 7) is 11.1. The van der Waals surface area contributed by atoms with Crippen LogP contribution in [0.1, 0.15) is 33.6 Å². The van der Waals surface area contributed by atoms with Gasteiger partial charge in [-0.3, -0.25) is 4.79 Å². The summed E-state index contributed by atoms with van der Waals surface area (Å²) in [4.78, 5) is 14.5. The maximum Gasteiger partial charge on any atom is 0.268 e. The number of nitrogens with zero attached hydrogens (tertiary/aromatic N) is 3. The topological polar surface area (TPSA) is 50.2 Å². The first-order valence-electron chi connectivity index (χ1n) is 8.13. The predicted octanol–water partition coefficient (Wildman–Crippen LogP) is 1.73. The zero-order valence-corrected chi connectivity index (χ0v) is 13.5. The first kappa shape index (κ1) is 16.0. The van der Waals surface area contributed by atoms with Gasteiger partial charge in [0.1, 0.15) is 0 Å². The van der Waals surface area contributed by atoms with E-state index in [0.717, 1.165) is 31.9 Å². The zero-order chi connectivity index (χ0) is 15.2. The van der Waals surface area contributed by atoms with Crippen LogP contribution in [0.15, 0.2) is 17.1 Å². The Bertz CT molecular complexity index is 499. The van der Waals surface area contributed by atoms with Gasteiger partial charge in [0.15, 0.2) is 0 Å². The standard InChI is InChI=1S/C16H28N4O/c1-4-17-9-14(3)12-20-16(21)8-15(10-18-20)19-7-5-6-13(2)11-19/h8,10,13-14,17H,4-7,9,11-12H2,1-3H3. The van der Waals surface area contributed by atoms with Crippen molar-refractivity contribution in [3.05, 3.63) is 22.6 Å². The van der Waals surface area contributed by atoms with Crippen LogP contribution in [-0.4, -0.2) is 36.0 Å². The van der Waals surface area contributed by atoms with Gasteiger partial charge in [-0.1, -0.05) is 20.8 Å². The fourth-order valence-electron chi connectivity index (χ4n) is 2.91. The number of hydrogen-bond acceptors (Lipinski definition) is 4. The predicted molar refractivity (Wildman–Crippen MR) is 86.8 cm³/mol. The second-order valence-corrected chi connectivity index (χ2v) is 6.34. The van der Waals surface area contributed by atoms with Crippen molar-refractivity contribution in [3.8, 4) is 0 Å². The highest BCUT2D eigenvalue weighted by molar-refractivity contribution is 5.43. The largest absolute Gasteiger partial charge is 0.370 e. The van der Waals surface area contributed by atoms with E-state index in [9.17, 15) is 4.79 Å². The summed E-state index contributed by atoms with van der Waals surface area (Å²) in [5.74, 6) is 1.09. The van der Waals surface area contributed by atoms with Crippen LogP contribution in [-0.2, 0) is 6.54 Å². The van der Waals surface area contributed by atoms with E-state index in [-0.39, 0.29) is 5.56 Å². The van der Waals surface area contributed by atoms with E-state index in [4.69, 9.17) is 0 Å². The molecule has 5 nitrogen and oxygen atoms in total. The third-order valence-electron chi connectivity index (χ3n) is 4.10. The third kappa shape index (κ3) is 4.56. The molecule has 2 atom stereocenters. The average Bonchev–Trinajstić information content (AvgIpc) is 2.47. The van der Waals surface area contributed by atoms with E-state index < -0.39 is 0 Å². The van der Waals surface area contributed by atoms with Crippen LogP contribution >= 0.6 is 0 Å². The fourth-order valence-corrected chi connectivity index (χ4v) is 2.91. The number of nitrogens with one attached hydrogen (secondary N) is 1. The van der Waals surface area contributed by atoms with Crippen LogP contribution < -0.4 is 15.8 Å². The average molecular weight is 292 g/mol. The number of anilines is 1. The first-order valence-corrected chi connectivity index (χ1v) is 8.13. The lowest BCUT2D eigenvalue weighted by Crippen LogP contribution is -2.36. The first-order chi connectivity index (χ1) is 10.1. The van der Waals surface area contributed by atoms with Crippen molar-refractivity contribution in [1.29, 1.82) is 0 Å². The Labute approximate surface area is 127 Å². The molecule has 0 aliphatic carbocycles. The number of piperidine rings is 1. The molecule has 0 spiro atoms. The summed E-state index contributed by atoms with van der Waals surface area (Å²) in [7, 11) is 0. The Hall–Kier alpha value is -1.36. The van der Waals surface area contributed by atoms with Gasteiger partial charge in [0.05, 0.1) is 11.9 Å². The van der Waals surface area contributed by atoms with Gasteiger partial charge in [-0.2, -0.15) is 5.10 Å². The molecule has 1 fully saturated rings. The Kier molecular flexibility index (Phi) is 5.79. The molecule has 1 aliphatic rings. The molecule has 0 bridgehead atoms. The molecule has 21 heavy (non-hydrogen) atoms. The molecule has 1 aromatic rings. The van der Waals surface area contributed by atoms with Crippen LogP contribution in [0, 0.1) is 11.8 Å². The van der Waals surface area contributed by atoms with Gasteiger partial charge in [0.2, 0.25) is 0 Å². The molecule has 0 saturated carbocycles. The summed E-state index contributed by atoms with van der Waals surface area (Å²) in [5.41, 5.74) is 0.983. The van der Waals surface area contributed by atoms with Crippen molar-refractivity contribution in [2.75, 3.05) is 31.1 Å². The molecule has 2 heterocycles. The second kappa shape index (κ2) is 7.59. The van der Waals surface area contributed by atoms with E-state index in [1.54, 1.807) is 10.7 Å². The minimum atomic E-state index is 0.00840. The number of aromatic nitrogens is 2. The molecule has 1 saturated heterocycles. The molecular formula is C16H28N4O. The highest BCUT2D eigenvalue weighted by atomic mass is 16.1. The molecule has 5 heteroatoms. The van der Waals surface area contributed by atoms with E-state index >= 15 is 0 Å². The zero-order valence-electron chi connectivity index (χ0n) is 13.5. The van der Waals surface area contributed by atoms with Crippen LogP contribution in [0.4, 0.5) is 5.69 Å². The summed E-state index contributed by atoms with van der Waals surface area (Å²) in [5, 5.41) is 7.67. The smallest absolute Gasteiger partial charge is 0.268 e. The van der Waals surface area contributed by atoms with Crippen molar-refractivity contribution < 1.29 is 0 Å². The van der Waals surface area contributed by atoms with Gasteiger partial charge in [0.25, 0.3) is 5.56 Å². The quantitative estimate of drug-likeness (QED) is 0.867. The summed E-state index contributed by atoms with van der Waals surface area (Å²) in [6, 6.07) is 1.74. The van der Waals surface area contributed by atoms with Gasteiger partial charge in [-0.05, 0) is 37.8 Å². The van der Waals surface area contributed by atoms with Gasteiger partial charge in [0, 0.05) is 25.7 Å². The van der Waals surface area contributed by atoms with Gasteiger partial charge in [-0.15, -0.1) is 0 Å². The third-order valence-corrected chi connectivity index (χ3v) is 4.10. The van der Waals surface area contributed by atoms with Crippen molar-refractivity contribution in [2.45, 2.75) is 40.2 Å². The molecule has 1 aromatic heterocycles. The minimum absolute atomic E-state index is 0.00840. The fraction of sp³-hybridized carbons (Fsp3) is 0.750.